The number of aryl methyl sites for hydroxylation is 2. The Morgan fingerprint density at radius 3 is 2.59 bits per heavy atom. The third kappa shape index (κ3) is 2.19. The lowest BCUT2D eigenvalue weighted by atomic mass is 9.89. The summed E-state index contributed by atoms with van der Waals surface area (Å²) < 4.78 is 5.44. The summed E-state index contributed by atoms with van der Waals surface area (Å²) in [7, 11) is 0. The predicted octanol–water partition coefficient (Wildman–Crippen LogP) is 3.92. The highest BCUT2D eigenvalue weighted by Crippen LogP contribution is 2.28. The minimum atomic E-state index is -0.311. The highest BCUT2D eigenvalue weighted by atomic mass is 16.4. The fourth-order valence-electron chi connectivity index (χ4n) is 3.23. The Kier molecular flexibility index (Phi) is 3.00. The van der Waals surface area contributed by atoms with Crippen LogP contribution in [0, 0.1) is 0 Å². The molecular weight excluding hydrogens is 274 g/mol. The number of nitrogens with two attached hydrogens (primary N) is 1. The van der Waals surface area contributed by atoms with Crippen molar-refractivity contribution in [1.82, 2.24) is 0 Å². The Labute approximate surface area is 128 Å². The number of anilines is 1. The molecule has 3 heteroatoms. The summed E-state index contributed by atoms with van der Waals surface area (Å²) in [6.07, 6.45) is 4.72. The first-order valence-corrected chi connectivity index (χ1v) is 7.66. The van der Waals surface area contributed by atoms with Crippen LogP contribution in [0.3, 0.4) is 0 Å². The summed E-state index contributed by atoms with van der Waals surface area (Å²) in [5.41, 5.74) is 10.9. The molecule has 0 saturated heterocycles. The summed E-state index contributed by atoms with van der Waals surface area (Å²) >= 11 is 0. The van der Waals surface area contributed by atoms with Gasteiger partial charge in [0.2, 0.25) is 0 Å². The highest BCUT2D eigenvalue weighted by molar-refractivity contribution is 5.84. The number of hydrogen-bond acceptors (Lipinski definition) is 3. The van der Waals surface area contributed by atoms with E-state index in [4.69, 9.17) is 10.2 Å². The van der Waals surface area contributed by atoms with Crippen molar-refractivity contribution in [3.8, 4) is 11.1 Å². The zero-order chi connectivity index (χ0) is 15.1. The van der Waals surface area contributed by atoms with Crippen LogP contribution in [0.25, 0.3) is 22.1 Å². The summed E-state index contributed by atoms with van der Waals surface area (Å²) in [6.45, 7) is 0. The van der Waals surface area contributed by atoms with Gasteiger partial charge in [-0.15, -0.1) is 0 Å². The number of fused-ring (bicyclic) bond motifs is 2. The monoisotopic (exact) mass is 291 g/mol. The van der Waals surface area contributed by atoms with Gasteiger partial charge in [0, 0.05) is 17.1 Å². The molecule has 22 heavy (non-hydrogen) atoms. The summed E-state index contributed by atoms with van der Waals surface area (Å²) in [5, 5.41) is 0.890. The Morgan fingerprint density at radius 2 is 1.73 bits per heavy atom. The molecule has 0 amide bonds. The SMILES string of the molecule is Nc1ccc2cc(-c3ccc4c(c3)CCCC4)c(=O)oc2c1. The standard InChI is InChI=1S/C19H17NO2/c20-16-8-7-15-10-17(19(21)22-18(15)11-16)14-6-5-12-3-1-2-4-13(12)9-14/h5-11H,1-4,20H2. The van der Waals surface area contributed by atoms with Crippen molar-refractivity contribution in [3.63, 3.8) is 0 Å². The van der Waals surface area contributed by atoms with Crippen molar-refractivity contribution < 1.29 is 4.42 Å². The van der Waals surface area contributed by atoms with E-state index < -0.39 is 0 Å². The quantitative estimate of drug-likeness (QED) is 0.546. The number of rotatable bonds is 1. The van der Waals surface area contributed by atoms with Crippen LogP contribution in [0.4, 0.5) is 5.69 Å². The van der Waals surface area contributed by atoms with Gasteiger partial charge >= 0.3 is 5.63 Å². The van der Waals surface area contributed by atoms with Gasteiger partial charge in [0.15, 0.2) is 0 Å². The lowest BCUT2D eigenvalue weighted by molar-refractivity contribution is 0.563. The zero-order valence-corrected chi connectivity index (χ0v) is 12.3. The molecule has 3 nitrogen and oxygen atoms in total. The van der Waals surface area contributed by atoms with Crippen LogP contribution in [-0.4, -0.2) is 0 Å². The molecule has 3 aromatic rings. The molecule has 0 spiro atoms. The molecular formula is C19H17NO2. The van der Waals surface area contributed by atoms with Crippen LogP contribution in [0.15, 0.2) is 51.7 Å². The van der Waals surface area contributed by atoms with Gasteiger partial charge in [-0.1, -0.05) is 18.2 Å². The van der Waals surface area contributed by atoms with E-state index in [0.717, 1.165) is 23.8 Å². The van der Waals surface area contributed by atoms with Crippen LogP contribution in [0.1, 0.15) is 24.0 Å². The summed E-state index contributed by atoms with van der Waals surface area (Å²) in [6, 6.07) is 13.6. The first-order chi connectivity index (χ1) is 10.7. The number of nitrogen functional groups attached to an aromatic ring is 1. The molecule has 4 rings (SSSR count). The second-order valence-electron chi connectivity index (χ2n) is 5.94. The minimum absolute atomic E-state index is 0.311. The van der Waals surface area contributed by atoms with Crippen molar-refractivity contribution in [3.05, 3.63) is 64.0 Å². The Balaban J connectivity index is 1.88. The van der Waals surface area contributed by atoms with E-state index in [-0.39, 0.29) is 5.63 Å². The van der Waals surface area contributed by atoms with Gasteiger partial charge in [0.05, 0.1) is 5.56 Å². The minimum Gasteiger partial charge on any atom is -0.422 e. The van der Waals surface area contributed by atoms with Gasteiger partial charge in [0.25, 0.3) is 0 Å². The first kappa shape index (κ1) is 13.1. The Bertz CT molecular complexity index is 924. The molecule has 1 heterocycles. The molecule has 110 valence electrons. The maximum atomic E-state index is 12.3. The third-order valence-corrected chi connectivity index (χ3v) is 4.42. The van der Waals surface area contributed by atoms with Gasteiger partial charge in [-0.3, -0.25) is 0 Å². The van der Waals surface area contributed by atoms with E-state index in [9.17, 15) is 4.79 Å². The van der Waals surface area contributed by atoms with E-state index in [1.54, 1.807) is 6.07 Å². The van der Waals surface area contributed by atoms with Gasteiger partial charge in [-0.2, -0.15) is 0 Å². The van der Waals surface area contributed by atoms with E-state index in [0.29, 0.717) is 16.8 Å². The second kappa shape index (κ2) is 5.02. The normalized spacial score (nSPS) is 14.0. The topological polar surface area (TPSA) is 56.2 Å². The molecule has 1 aromatic heterocycles. The lowest BCUT2D eigenvalue weighted by Gasteiger charge is -2.16. The maximum absolute atomic E-state index is 12.3. The predicted molar refractivity (Wildman–Crippen MR) is 89.0 cm³/mol. The molecule has 0 atom stereocenters. The molecule has 0 radical (unpaired) electrons. The fraction of sp³-hybridized carbons (Fsp3) is 0.211. The van der Waals surface area contributed by atoms with Crippen molar-refractivity contribution in [2.75, 3.05) is 5.73 Å². The van der Waals surface area contributed by atoms with Crippen LogP contribution in [0.2, 0.25) is 0 Å². The molecule has 1 aliphatic rings. The molecule has 2 N–H and O–H groups in total. The van der Waals surface area contributed by atoms with Crippen LogP contribution >= 0.6 is 0 Å². The average molecular weight is 291 g/mol. The molecule has 0 bridgehead atoms. The highest BCUT2D eigenvalue weighted by Gasteiger charge is 2.13. The summed E-state index contributed by atoms with van der Waals surface area (Å²) in [5.74, 6) is 0. The maximum Gasteiger partial charge on any atom is 0.344 e. The van der Waals surface area contributed by atoms with Gasteiger partial charge < -0.3 is 10.2 Å². The molecule has 2 aromatic carbocycles. The van der Waals surface area contributed by atoms with Gasteiger partial charge in [-0.05, 0) is 60.6 Å². The van der Waals surface area contributed by atoms with Gasteiger partial charge in [-0.25, -0.2) is 4.79 Å². The van der Waals surface area contributed by atoms with E-state index in [1.807, 2.05) is 24.3 Å². The molecule has 0 aliphatic heterocycles. The molecule has 0 unspecified atom stereocenters. The zero-order valence-electron chi connectivity index (χ0n) is 12.3. The van der Waals surface area contributed by atoms with E-state index in [1.165, 1.54) is 24.0 Å². The number of benzene rings is 2. The first-order valence-electron chi connectivity index (χ1n) is 7.66. The van der Waals surface area contributed by atoms with Crippen molar-refractivity contribution in [2.24, 2.45) is 0 Å². The van der Waals surface area contributed by atoms with Crippen LogP contribution < -0.4 is 11.4 Å². The Morgan fingerprint density at radius 1 is 0.909 bits per heavy atom. The van der Waals surface area contributed by atoms with Gasteiger partial charge in [0.1, 0.15) is 5.58 Å². The van der Waals surface area contributed by atoms with E-state index in [2.05, 4.69) is 12.1 Å². The number of hydrogen-bond donors (Lipinski definition) is 1. The average Bonchev–Trinajstić information content (AvgIpc) is 2.53. The molecule has 1 aliphatic carbocycles. The van der Waals surface area contributed by atoms with Crippen molar-refractivity contribution >= 4 is 16.7 Å². The smallest absolute Gasteiger partial charge is 0.344 e. The third-order valence-electron chi connectivity index (χ3n) is 4.42. The fourth-order valence-corrected chi connectivity index (χ4v) is 3.23. The molecule has 0 fully saturated rings. The summed E-state index contributed by atoms with van der Waals surface area (Å²) in [4.78, 5) is 12.3. The van der Waals surface area contributed by atoms with Crippen LogP contribution in [-0.2, 0) is 12.8 Å². The Hall–Kier alpha value is -2.55. The van der Waals surface area contributed by atoms with Crippen LogP contribution in [0.5, 0.6) is 0 Å². The lowest BCUT2D eigenvalue weighted by Crippen LogP contribution is -2.06. The second-order valence-corrected chi connectivity index (χ2v) is 5.94. The van der Waals surface area contributed by atoms with Crippen molar-refractivity contribution in [2.45, 2.75) is 25.7 Å². The molecule has 0 saturated carbocycles. The largest absolute Gasteiger partial charge is 0.422 e. The van der Waals surface area contributed by atoms with Crippen molar-refractivity contribution in [1.29, 1.82) is 0 Å². The van der Waals surface area contributed by atoms with E-state index >= 15 is 0 Å².